The summed E-state index contributed by atoms with van der Waals surface area (Å²) in [6, 6.07) is 0. The molecular formula is C53H86. The van der Waals surface area contributed by atoms with Crippen molar-refractivity contribution in [1.29, 1.82) is 0 Å². The molecule has 53 heavy (non-hydrogen) atoms. The number of hydrogen-bond donors (Lipinski definition) is 0. The van der Waals surface area contributed by atoms with Crippen LogP contribution in [-0.2, 0) is 0 Å². The zero-order chi connectivity index (χ0) is 35.6. The van der Waals surface area contributed by atoms with E-state index in [9.17, 15) is 0 Å². The van der Waals surface area contributed by atoms with Gasteiger partial charge in [0.05, 0.1) is 0 Å². The van der Waals surface area contributed by atoms with E-state index in [0.29, 0.717) is 10.8 Å². The van der Waals surface area contributed by atoms with E-state index < -0.39 is 0 Å². The largest absolute Gasteiger partial charge is 0.0594 e. The van der Waals surface area contributed by atoms with Crippen molar-refractivity contribution in [3.8, 4) is 0 Å². The molecule has 0 aromatic rings. The van der Waals surface area contributed by atoms with Gasteiger partial charge >= 0.3 is 0 Å². The van der Waals surface area contributed by atoms with Crippen LogP contribution in [0.4, 0.5) is 0 Å². The highest BCUT2D eigenvalue weighted by Crippen LogP contribution is 2.70. The Bertz CT molecular complexity index is 1230. The summed E-state index contributed by atoms with van der Waals surface area (Å²) < 4.78 is 0. The molecule has 0 spiro atoms. The lowest BCUT2D eigenvalue weighted by Gasteiger charge is -2.53. The molecule has 0 saturated heterocycles. The van der Waals surface area contributed by atoms with Gasteiger partial charge < -0.3 is 0 Å². The minimum atomic E-state index is 0.600. The second kappa shape index (κ2) is 13.8. The zero-order valence-corrected chi connectivity index (χ0v) is 35.6. The minimum Gasteiger partial charge on any atom is -0.0594 e. The lowest BCUT2D eigenvalue weighted by Crippen LogP contribution is -2.45. The molecule has 0 nitrogen and oxygen atoms in total. The van der Waals surface area contributed by atoms with Gasteiger partial charge in [0, 0.05) is 0 Å². The fourth-order valence-electron chi connectivity index (χ4n) is 21.7. The molecule has 0 radical (unpaired) electrons. The number of hydrogen-bond acceptors (Lipinski definition) is 0. The molecule has 18 atom stereocenters. The summed E-state index contributed by atoms with van der Waals surface area (Å²) in [7, 11) is 0. The van der Waals surface area contributed by atoms with E-state index in [1.165, 1.54) is 12.8 Å². The standard InChI is InChI=1S/C53H86/c1-52(2)46-21-9-7-16-39(46)41-25-23-35(30-48(41)52)50(36-24-26-42-40-17-8-10-22-47(40)53(3,4)49(42)31-36)43-19-12-20-44-45(43)29-34-15-11-18-38(51(34)44)37-27-32-13-5-6-14-33(32)28-37/h32-51H,5-31H2,1-4H3. The van der Waals surface area contributed by atoms with Crippen LogP contribution in [0.15, 0.2) is 0 Å². The van der Waals surface area contributed by atoms with Gasteiger partial charge in [0.1, 0.15) is 0 Å². The number of fused-ring (bicyclic) bond motifs is 10. The van der Waals surface area contributed by atoms with E-state index >= 15 is 0 Å². The van der Waals surface area contributed by atoms with Crippen molar-refractivity contribution in [3.63, 3.8) is 0 Å². The third kappa shape index (κ3) is 5.70. The maximum atomic E-state index is 2.81. The summed E-state index contributed by atoms with van der Waals surface area (Å²) in [4.78, 5) is 0. The van der Waals surface area contributed by atoms with Gasteiger partial charge in [-0.1, -0.05) is 98.3 Å². The van der Waals surface area contributed by atoms with E-state index in [4.69, 9.17) is 0 Å². The summed E-state index contributed by atoms with van der Waals surface area (Å²) in [5.41, 5.74) is 1.20. The molecule has 0 heterocycles. The van der Waals surface area contributed by atoms with Crippen molar-refractivity contribution in [3.05, 3.63) is 0 Å². The molecule has 0 heteroatoms. The average Bonchev–Trinajstić information content (AvgIpc) is 3.91. The maximum Gasteiger partial charge on any atom is -0.0292 e. The van der Waals surface area contributed by atoms with E-state index in [-0.39, 0.29) is 0 Å². The van der Waals surface area contributed by atoms with Crippen molar-refractivity contribution < 1.29 is 0 Å². The van der Waals surface area contributed by atoms with E-state index in [1.807, 2.05) is 0 Å². The fraction of sp³-hybridized carbons (Fsp3) is 1.00. The van der Waals surface area contributed by atoms with Crippen molar-refractivity contribution in [2.75, 3.05) is 0 Å². The second-order valence-electron chi connectivity index (χ2n) is 25.1. The molecule has 11 aliphatic carbocycles. The van der Waals surface area contributed by atoms with Crippen molar-refractivity contribution in [2.24, 2.45) is 129 Å². The highest BCUT2D eigenvalue weighted by Gasteiger charge is 2.62. The SMILES string of the molecule is CC1(C)C2CCCCC2C2CCC(C(C3CCC4C5CCCCC5C(C)(C)C4C3)C3CCCC4C3CC3CCCC(C5CC6CCCCC6C5)C34)CC21. The Morgan fingerprint density at radius 2 is 0.792 bits per heavy atom. The lowest BCUT2D eigenvalue weighted by molar-refractivity contribution is -0.0361. The van der Waals surface area contributed by atoms with Crippen LogP contribution in [0.5, 0.6) is 0 Å². The summed E-state index contributed by atoms with van der Waals surface area (Å²) in [5.74, 6) is 21.8. The highest BCUT2D eigenvalue weighted by molar-refractivity contribution is 5.11. The highest BCUT2D eigenvalue weighted by atomic mass is 14.7. The Morgan fingerprint density at radius 3 is 1.40 bits per heavy atom. The fourth-order valence-corrected chi connectivity index (χ4v) is 21.7. The summed E-state index contributed by atoms with van der Waals surface area (Å²) in [5, 5.41) is 0. The molecule has 11 fully saturated rings. The molecule has 0 aromatic heterocycles. The van der Waals surface area contributed by atoms with Gasteiger partial charge in [-0.15, -0.1) is 0 Å². The van der Waals surface area contributed by atoms with Crippen molar-refractivity contribution in [1.82, 2.24) is 0 Å². The molecule has 0 aromatic carbocycles. The maximum absolute atomic E-state index is 2.81. The first-order valence-corrected chi connectivity index (χ1v) is 25.8. The first kappa shape index (κ1) is 36.1. The predicted octanol–water partition coefficient (Wildman–Crippen LogP) is 15.0. The van der Waals surface area contributed by atoms with Gasteiger partial charge in [-0.2, -0.15) is 0 Å². The van der Waals surface area contributed by atoms with Crippen molar-refractivity contribution >= 4 is 0 Å². The molecule has 11 saturated carbocycles. The minimum absolute atomic E-state index is 0.600. The van der Waals surface area contributed by atoms with Crippen LogP contribution in [0.25, 0.3) is 0 Å². The van der Waals surface area contributed by atoms with Gasteiger partial charge in [-0.25, -0.2) is 0 Å². The van der Waals surface area contributed by atoms with Crippen LogP contribution >= 0.6 is 0 Å². The zero-order valence-electron chi connectivity index (χ0n) is 35.6. The average molecular weight is 723 g/mol. The smallest absolute Gasteiger partial charge is 0.0292 e. The van der Waals surface area contributed by atoms with Gasteiger partial charge in [0.2, 0.25) is 0 Å². The van der Waals surface area contributed by atoms with Gasteiger partial charge in [0.25, 0.3) is 0 Å². The lowest BCUT2D eigenvalue weighted by atomic mass is 9.52. The Balaban J connectivity index is 0.903. The van der Waals surface area contributed by atoms with Crippen molar-refractivity contribution in [2.45, 2.75) is 201 Å². The van der Waals surface area contributed by atoms with Crippen LogP contribution in [0.1, 0.15) is 201 Å². The molecule has 0 aliphatic heterocycles. The van der Waals surface area contributed by atoms with Gasteiger partial charge in [-0.05, 0) is 232 Å². The molecule has 298 valence electrons. The van der Waals surface area contributed by atoms with Crippen LogP contribution in [-0.4, -0.2) is 0 Å². The predicted molar refractivity (Wildman–Crippen MR) is 222 cm³/mol. The van der Waals surface area contributed by atoms with Crippen LogP contribution < -0.4 is 0 Å². The topological polar surface area (TPSA) is 0 Å². The third-order valence-corrected chi connectivity index (χ3v) is 23.3. The Morgan fingerprint density at radius 1 is 0.321 bits per heavy atom. The molecule has 0 amide bonds. The second-order valence-corrected chi connectivity index (χ2v) is 25.1. The van der Waals surface area contributed by atoms with Crippen LogP contribution in [0, 0.1) is 129 Å². The molecule has 0 N–H and O–H groups in total. The van der Waals surface area contributed by atoms with Crippen LogP contribution in [0.2, 0.25) is 0 Å². The summed E-state index contributed by atoms with van der Waals surface area (Å²) in [6.45, 7) is 11.2. The van der Waals surface area contributed by atoms with Gasteiger partial charge in [-0.3, -0.25) is 0 Å². The molecule has 0 bridgehead atoms. The Hall–Kier alpha value is 0. The monoisotopic (exact) mass is 723 g/mol. The molecule has 11 aliphatic rings. The van der Waals surface area contributed by atoms with E-state index in [0.717, 1.165) is 118 Å². The Kier molecular flexibility index (Phi) is 9.40. The van der Waals surface area contributed by atoms with E-state index in [1.54, 1.807) is 161 Å². The van der Waals surface area contributed by atoms with E-state index in [2.05, 4.69) is 27.7 Å². The molecule has 11 rings (SSSR count). The van der Waals surface area contributed by atoms with Gasteiger partial charge in [0.15, 0.2) is 0 Å². The Labute approximate surface area is 329 Å². The first-order valence-electron chi connectivity index (χ1n) is 25.8. The number of rotatable bonds is 4. The quantitative estimate of drug-likeness (QED) is 0.271. The summed E-state index contributed by atoms with van der Waals surface area (Å²) >= 11 is 0. The third-order valence-electron chi connectivity index (χ3n) is 23.3. The normalized spacial score (nSPS) is 55.8. The summed E-state index contributed by atoms with van der Waals surface area (Å²) in [6.07, 6.45) is 43.4. The molecular weight excluding hydrogens is 637 g/mol. The first-order chi connectivity index (χ1) is 25.8. The van der Waals surface area contributed by atoms with Crippen LogP contribution in [0.3, 0.4) is 0 Å². The molecule has 18 unspecified atom stereocenters.